The Bertz CT molecular complexity index is 486. The van der Waals surface area contributed by atoms with Gasteiger partial charge in [-0.1, -0.05) is 12.1 Å². The van der Waals surface area contributed by atoms with Gasteiger partial charge in [0.1, 0.15) is 0 Å². The van der Waals surface area contributed by atoms with Gasteiger partial charge in [0.25, 0.3) is 0 Å². The summed E-state index contributed by atoms with van der Waals surface area (Å²) in [5, 5.41) is 15.8. The summed E-state index contributed by atoms with van der Waals surface area (Å²) in [4.78, 5) is 0. The molecular weight excluding hydrogens is 228 g/mol. The van der Waals surface area contributed by atoms with Gasteiger partial charge in [-0.3, -0.25) is 4.68 Å². The van der Waals surface area contributed by atoms with Gasteiger partial charge in [-0.05, 0) is 26.5 Å². The van der Waals surface area contributed by atoms with Crippen molar-refractivity contribution in [2.45, 2.75) is 39.4 Å². The van der Waals surface area contributed by atoms with Crippen molar-refractivity contribution in [2.75, 3.05) is 7.05 Å². The zero-order valence-electron chi connectivity index (χ0n) is 11.2. The number of rotatable bonds is 6. The minimum absolute atomic E-state index is 0.439. The lowest BCUT2D eigenvalue weighted by Gasteiger charge is -2.07. The van der Waals surface area contributed by atoms with Crippen molar-refractivity contribution in [1.29, 1.82) is 0 Å². The predicted octanol–water partition coefficient (Wildman–Crippen LogP) is 1.21. The van der Waals surface area contributed by atoms with Crippen molar-refractivity contribution < 1.29 is 0 Å². The predicted molar refractivity (Wildman–Crippen MR) is 69.1 cm³/mol. The lowest BCUT2D eigenvalue weighted by Crippen LogP contribution is -2.07. The Morgan fingerprint density at radius 2 is 2.22 bits per heavy atom. The van der Waals surface area contributed by atoms with E-state index in [0.29, 0.717) is 12.6 Å². The summed E-state index contributed by atoms with van der Waals surface area (Å²) in [5.74, 6) is 0. The smallest absolute Gasteiger partial charge is 0.0964 e. The number of aromatic nitrogens is 5. The summed E-state index contributed by atoms with van der Waals surface area (Å²) in [6.45, 7) is 5.73. The third-order valence-electron chi connectivity index (χ3n) is 2.97. The second-order valence-corrected chi connectivity index (χ2v) is 4.48. The first-order valence-corrected chi connectivity index (χ1v) is 6.30. The molecule has 0 aliphatic carbocycles. The molecule has 98 valence electrons. The molecule has 1 N–H and O–H groups in total. The molecule has 0 saturated heterocycles. The van der Waals surface area contributed by atoms with Crippen LogP contribution in [0.5, 0.6) is 0 Å². The van der Waals surface area contributed by atoms with Gasteiger partial charge in [-0.25, -0.2) is 4.68 Å². The highest BCUT2D eigenvalue weighted by atomic mass is 15.4. The molecule has 0 fully saturated rings. The summed E-state index contributed by atoms with van der Waals surface area (Å²) in [7, 11) is 1.90. The van der Waals surface area contributed by atoms with E-state index in [1.807, 2.05) is 34.9 Å². The molecule has 6 nitrogen and oxygen atoms in total. The van der Waals surface area contributed by atoms with Gasteiger partial charge in [0.2, 0.25) is 0 Å². The Hall–Kier alpha value is -1.69. The van der Waals surface area contributed by atoms with E-state index >= 15 is 0 Å². The Labute approximate surface area is 107 Å². The number of nitrogens with zero attached hydrogens (tertiary/aromatic N) is 5. The van der Waals surface area contributed by atoms with Crippen LogP contribution in [0.3, 0.4) is 0 Å². The van der Waals surface area contributed by atoms with Crippen molar-refractivity contribution in [2.24, 2.45) is 0 Å². The first-order chi connectivity index (χ1) is 8.72. The molecule has 0 radical (unpaired) electrons. The molecule has 1 unspecified atom stereocenters. The average molecular weight is 248 g/mol. The highest BCUT2D eigenvalue weighted by Crippen LogP contribution is 2.09. The summed E-state index contributed by atoms with van der Waals surface area (Å²) in [6, 6.07) is 2.47. The lowest BCUT2D eigenvalue weighted by molar-refractivity contribution is 0.470. The van der Waals surface area contributed by atoms with Crippen LogP contribution in [-0.2, 0) is 13.1 Å². The monoisotopic (exact) mass is 248 g/mol. The zero-order valence-corrected chi connectivity index (χ0v) is 11.2. The van der Waals surface area contributed by atoms with Crippen molar-refractivity contribution in [3.05, 3.63) is 29.8 Å². The molecule has 0 bridgehead atoms. The maximum absolute atomic E-state index is 4.54. The van der Waals surface area contributed by atoms with Gasteiger partial charge in [0.15, 0.2) is 0 Å². The van der Waals surface area contributed by atoms with Gasteiger partial charge in [0, 0.05) is 18.8 Å². The van der Waals surface area contributed by atoms with Gasteiger partial charge in [-0.2, -0.15) is 5.10 Å². The lowest BCUT2D eigenvalue weighted by atomic mass is 10.3. The highest BCUT2D eigenvalue weighted by molar-refractivity contribution is 5.01. The Morgan fingerprint density at radius 3 is 2.94 bits per heavy atom. The average Bonchev–Trinajstić information content (AvgIpc) is 2.99. The Kier molecular flexibility index (Phi) is 4.09. The van der Waals surface area contributed by atoms with Gasteiger partial charge >= 0.3 is 0 Å². The summed E-state index contributed by atoms with van der Waals surface area (Å²) < 4.78 is 3.82. The summed E-state index contributed by atoms with van der Waals surface area (Å²) >= 11 is 0. The van der Waals surface area contributed by atoms with Gasteiger partial charge < -0.3 is 5.32 Å². The molecule has 18 heavy (non-hydrogen) atoms. The molecule has 0 aliphatic heterocycles. The van der Waals surface area contributed by atoms with Crippen molar-refractivity contribution in [1.82, 2.24) is 30.1 Å². The minimum Gasteiger partial charge on any atom is -0.314 e. The largest absolute Gasteiger partial charge is 0.314 e. The Morgan fingerprint density at radius 1 is 1.39 bits per heavy atom. The van der Waals surface area contributed by atoms with Crippen LogP contribution in [0.25, 0.3) is 0 Å². The second-order valence-electron chi connectivity index (χ2n) is 4.48. The van der Waals surface area contributed by atoms with Gasteiger partial charge in [-0.15, -0.1) is 5.10 Å². The molecule has 0 amide bonds. The molecular formula is C12H20N6. The van der Waals surface area contributed by atoms with Crippen LogP contribution in [0.15, 0.2) is 18.5 Å². The van der Waals surface area contributed by atoms with Crippen LogP contribution >= 0.6 is 0 Å². The van der Waals surface area contributed by atoms with E-state index < -0.39 is 0 Å². The fourth-order valence-corrected chi connectivity index (χ4v) is 1.74. The molecule has 2 aromatic heterocycles. The van der Waals surface area contributed by atoms with Crippen LogP contribution in [0.1, 0.15) is 37.7 Å². The number of nitrogens with one attached hydrogen (secondary N) is 1. The maximum Gasteiger partial charge on any atom is 0.0964 e. The molecule has 0 spiro atoms. The molecule has 2 heterocycles. The van der Waals surface area contributed by atoms with Crippen LogP contribution in [0.2, 0.25) is 0 Å². The minimum atomic E-state index is 0.439. The van der Waals surface area contributed by atoms with E-state index in [4.69, 9.17) is 0 Å². The standard InChI is InChI=1S/C12H20N6/c1-4-10(2)18-6-5-11(15-18)8-17-9-12(7-13-3)14-16-17/h5-6,9-10,13H,4,7-8H2,1-3H3. The topological polar surface area (TPSA) is 60.6 Å². The van der Waals surface area contributed by atoms with E-state index in [0.717, 1.165) is 24.4 Å². The van der Waals surface area contributed by atoms with E-state index in [-0.39, 0.29) is 0 Å². The van der Waals surface area contributed by atoms with Crippen molar-refractivity contribution in [3.63, 3.8) is 0 Å². The summed E-state index contributed by atoms with van der Waals surface area (Å²) in [6.07, 6.45) is 5.05. The first-order valence-electron chi connectivity index (χ1n) is 6.30. The quantitative estimate of drug-likeness (QED) is 0.835. The molecule has 0 aliphatic rings. The summed E-state index contributed by atoms with van der Waals surface area (Å²) in [5.41, 5.74) is 1.95. The van der Waals surface area contributed by atoms with Crippen LogP contribution < -0.4 is 5.32 Å². The Balaban J connectivity index is 2.01. The first kappa shape index (κ1) is 12.8. The SMILES string of the molecule is CCC(C)n1ccc(Cn2cc(CNC)nn2)n1. The second kappa shape index (κ2) is 5.77. The third-order valence-corrected chi connectivity index (χ3v) is 2.97. The molecule has 6 heteroatoms. The van der Waals surface area contributed by atoms with Crippen molar-refractivity contribution >= 4 is 0 Å². The molecule has 0 aromatic carbocycles. The normalized spacial score (nSPS) is 12.8. The molecule has 2 rings (SSSR count). The number of hydrogen-bond acceptors (Lipinski definition) is 4. The fourth-order valence-electron chi connectivity index (χ4n) is 1.74. The third kappa shape index (κ3) is 2.95. The van der Waals surface area contributed by atoms with E-state index in [2.05, 4.69) is 34.6 Å². The van der Waals surface area contributed by atoms with E-state index in [9.17, 15) is 0 Å². The molecule has 1 atom stereocenters. The van der Waals surface area contributed by atoms with Crippen LogP contribution in [-0.4, -0.2) is 31.8 Å². The van der Waals surface area contributed by atoms with Crippen molar-refractivity contribution in [3.8, 4) is 0 Å². The van der Waals surface area contributed by atoms with E-state index in [1.54, 1.807) is 0 Å². The van der Waals surface area contributed by atoms with Crippen LogP contribution in [0, 0.1) is 0 Å². The van der Waals surface area contributed by atoms with E-state index in [1.165, 1.54) is 0 Å². The highest BCUT2D eigenvalue weighted by Gasteiger charge is 2.06. The maximum atomic E-state index is 4.54. The van der Waals surface area contributed by atoms with Gasteiger partial charge in [0.05, 0.1) is 24.1 Å². The van der Waals surface area contributed by atoms with Crippen LogP contribution in [0.4, 0.5) is 0 Å². The number of hydrogen-bond donors (Lipinski definition) is 1. The zero-order chi connectivity index (χ0) is 13.0. The molecule has 2 aromatic rings. The fraction of sp³-hybridized carbons (Fsp3) is 0.583. The molecule has 0 saturated carbocycles.